The molecule has 0 bridgehead atoms. The van der Waals surface area contributed by atoms with Gasteiger partial charge in [0.05, 0.1) is 0 Å². The third-order valence-electron chi connectivity index (χ3n) is 3.46. The molecule has 2 rings (SSSR count). The van der Waals surface area contributed by atoms with Gasteiger partial charge in [-0.05, 0) is 38.5 Å². The van der Waals surface area contributed by atoms with Crippen molar-refractivity contribution in [2.75, 3.05) is 11.5 Å². The van der Waals surface area contributed by atoms with Crippen LogP contribution in [0.25, 0.3) is 0 Å². The predicted molar refractivity (Wildman–Crippen MR) is 74.1 cm³/mol. The molecule has 3 heteroatoms. The number of aryl methyl sites for hydroxylation is 1. The van der Waals surface area contributed by atoms with Crippen LogP contribution in [0.3, 0.4) is 0 Å². The van der Waals surface area contributed by atoms with Gasteiger partial charge < -0.3 is 4.57 Å². The van der Waals surface area contributed by atoms with E-state index in [0.29, 0.717) is 11.8 Å². The van der Waals surface area contributed by atoms with Crippen LogP contribution in [0.4, 0.5) is 0 Å². The number of aromatic nitrogens is 1. The highest BCUT2D eigenvalue weighted by Crippen LogP contribution is 2.29. The number of hydrogen-bond acceptors (Lipinski definition) is 2. The molecule has 1 aliphatic carbocycles. The molecule has 1 unspecified atom stereocenters. The molecule has 0 fully saturated rings. The lowest BCUT2D eigenvalue weighted by Gasteiger charge is -2.21. The highest BCUT2D eigenvalue weighted by atomic mass is 32.2. The number of thioether (sulfide) groups is 1. The summed E-state index contributed by atoms with van der Waals surface area (Å²) in [5, 5.41) is 0. The summed E-state index contributed by atoms with van der Waals surface area (Å²) < 4.78 is 2.38. The molecule has 0 amide bonds. The molecule has 1 heterocycles. The van der Waals surface area contributed by atoms with Gasteiger partial charge in [-0.15, -0.1) is 0 Å². The Bertz CT molecular complexity index is 422. The Balaban J connectivity index is 2.30. The van der Waals surface area contributed by atoms with Crippen LogP contribution in [-0.4, -0.2) is 21.9 Å². The Morgan fingerprint density at radius 3 is 2.94 bits per heavy atom. The lowest BCUT2D eigenvalue weighted by Crippen LogP contribution is -2.17. The van der Waals surface area contributed by atoms with E-state index in [-0.39, 0.29) is 0 Å². The van der Waals surface area contributed by atoms with Crippen LogP contribution in [0.5, 0.6) is 0 Å². The molecule has 0 saturated carbocycles. The first-order chi connectivity index (χ1) is 8.15. The first-order valence-corrected chi connectivity index (χ1v) is 7.62. The smallest absolute Gasteiger partial charge is 0.164 e. The average Bonchev–Trinajstić information content (AvgIpc) is 2.64. The number of ketones is 1. The van der Waals surface area contributed by atoms with Crippen molar-refractivity contribution in [1.29, 1.82) is 0 Å². The minimum atomic E-state index is 0.337. The molecule has 94 valence electrons. The van der Waals surface area contributed by atoms with Crippen LogP contribution in [0.15, 0.2) is 6.07 Å². The van der Waals surface area contributed by atoms with Crippen molar-refractivity contribution in [2.45, 2.75) is 46.1 Å². The Morgan fingerprint density at radius 2 is 2.24 bits per heavy atom. The number of rotatable bonds is 4. The van der Waals surface area contributed by atoms with Crippen molar-refractivity contribution in [2.24, 2.45) is 0 Å². The maximum Gasteiger partial charge on any atom is 0.164 e. The van der Waals surface area contributed by atoms with Gasteiger partial charge >= 0.3 is 0 Å². The summed E-state index contributed by atoms with van der Waals surface area (Å²) in [6, 6.07) is 2.58. The standard InChI is InChI=1S/C14H21NOS/c1-4-17-9-11(3)15-10(2)8-12-13(15)6-5-7-14(12)16/h8,11H,4-7,9H2,1-3H3. The van der Waals surface area contributed by atoms with E-state index in [1.807, 2.05) is 11.8 Å². The zero-order valence-electron chi connectivity index (χ0n) is 11.0. The Kier molecular flexibility index (Phi) is 3.97. The highest BCUT2D eigenvalue weighted by Gasteiger charge is 2.24. The fourth-order valence-electron chi connectivity index (χ4n) is 2.73. The van der Waals surface area contributed by atoms with Crippen molar-refractivity contribution in [3.05, 3.63) is 23.0 Å². The molecular formula is C14H21NOS. The topological polar surface area (TPSA) is 22.0 Å². The van der Waals surface area contributed by atoms with Crippen molar-refractivity contribution in [3.8, 4) is 0 Å². The zero-order chi connectivity index (χ0) is 12.4. The predicted octanol–water partition coefficient (Wildman–Crippen LogP) is 3.63. The van der Waals surface area contributed by atoms with Crippen molar-refractivity contribution in [3.63, 3.8) is 0 Å². The molecule has 1 aromatic rings. The molecule has 17 heavy (non-hydrogen) atoms. The van der Waals surface area contributed by atoms with Crippen molar-refractivity contribution >= 4 is 17.5 Å². The second-order valence-electron chi connectivity index (χ2n) is 4.80. The quantitative estimate of drug-likeness (QED) is 0.815. The van der Waals surface area contributed by atoms with Crippen LogP contribution in [0.1, 0.15) is 54.5 Å². The molecule has 0 aliphatic heterocycles. The van der Waals surface area contributed by atoms with Crippen LogP contribution in [0, 0.1) is 6.92 Å². The minimum Gasteiger partial charge on any atom is -0.345 e. The summed E-state index contributed by atoms with van der Waals surface area (Å²) >= 11 is 1.97. The monoisotopic (exact) mass is 251 g/mol. The molecule has 0 saturated heterocycles. The lowest BCUT2D eigenvalue weighted by molar-refractivity contribution is 0.0971. The normalized spacial score (nSPS) is 17.0. The van der Waals surface area contributed by atoms with Gasteiger partial charge in [0, 0.05) is 35.2 Å². The molecule has 2 nitrogen and oxygen atoms in total. The number of Topliss-reactive ketones (excluding diaryl/α,β-unsaturated/α-hetero) is 1. The molecule has 1 atom stereocenters. The zero-order valence-corrected chi connectivity index (χ0v) is 11.8. The fourth-order valence-corrected chi connectivity index (χ4v) is 3.45. The fraction of sp³-hybridized carbons (Fsp3) is 0.643. The van der Waals surface area contributed by atoms with E-state index in [1.54, 1.807) is 0 Å². The van der Waals surface area contributed by atoms with Crippen LogP contribution in [-0.2, 0) is 6.42 Å². The lowest BCUT2D eigenvalue weighted by atomic mass is 9.96. The molecular weight excluding hydrogens is 230 g/mol. The van der Waals surface area contributed by atoms with Crippen LogP contribution in [0.2, 0.25) is 0 Å². The van der Waals surface area contributed by atoms with Gasteiger partial charge in [0.25, 0.3) is 0 Å². The number of fused-ring (bicyclic) bond motifs is 1. The van der Waals surface area contributed by atoms with Gasteiger partial charge in [0.15, 0.2) is 5.78 Å². The molecule has 1 aliphatic rings. The summed E-state index contributed by atoms with van der Waals surface area (Å²) in [7, 11) is 0. The third-order valence-corrected chi connectivity index (χ3v) is 4.58. The van der Waals surface area contributed by atoms with Crippen LogP contribution < -0.4 is 0 Å². The molecule has 0 aromatic carbocycles. The minimum absolute atomic E-state index is 0.337. The third kappa shape index (κ3) is 2.44. The summed E-state index contributed by atoms with van der Waals surface area (Å²) in [5.41, 5.74) is 3.51. The maximum absolute atomic E-state index is 11.9. The molecule has 1 aromatic heterocycles. The number of carbonyl (C=O) groups excluding carboxylic acids is 1. The first-order valence-electron chi connectivity index (χ1n) is 6.46. The Morgan fingerprint density at radius 1 is 1.47 bits per heavy atom. The second-order valence-corrected chi connectivity index (χ2v) is 6.12. The Hall–Kier alpha value is -0.700. The van der Waals surface area contributed by atoms with E-state index in [9.17, 15) is 4.79 Å². The van der Waals surface area contributed by atoms with Crippen LogP contribution >= 0.6 is 11.8 Å². The summed E-state index contributed by atoms with van der Waals surface area (Å²) in [6.07, 6.45) is 2.81. The summed E-state index contributed by atoms with van der Waals surface area (Å²) in [6.45, 7) is 6.58. The van der Waals surface area contributed by atoms with E-state index in [2.05, 4.69) is 31.4 Å². The molecule has 0 N–H and O–H groups in total. The van der Waals surface area contributed by atoms with Gasteiger partial charge in [-0.25, -0.2) is 0 Å². The van der Waals surface area contributed by atoms with Gasteiger partial charge in [-0.2, -0.15) is 11.8 Å². The first kappa shape index (κ1) is 12.7. The average molecular weight is 251 g/mol. The van der Waals surface area contributed by atoms with Crippen molar-refractivity contribution < 1.29 is 4.79 Å². The number of carbonyl (C=O) groups is 1. The number of hydrogen-bond donors (Lipinski definition) is 0. The molecule has 0 spiro atoms. The SMILES string of the molecule is CCSCC(C)n1c(C)cc2c1CCCC2=O. The van der Waals surface area contributed by atoms with Crippen molar-refractivity contribution in [1.82, 2.24) is 4.57 Å². The summed E-state index contributed by atoms with van der Waals surface area (Å²) in [5.74, 6) is 2.63. The van der Waals surface area contributed by atoms with Gasteiger partial charge in [0.2, 0.25) is 0 Å². The largest absolute Gasteiger partial charge is 0.345 e. The van der Waals surface area contributed by atoms with E-state index < -0.39 is 0 Å². The van der Waals surface area contributed by atoms with E-state index >= 15 is 0 Å². The molecule has 0 radical (unpaired) electrons. The highest BCUT2D eigenvalue weighted by molar-refractivity contribution is 7.99. The summed E-state index contributed by atoms with van der Waals surface area (Å²) in [4.78, 5) is 11.9. The van der Waals surface area contributed by atoms with Gasteiger partial charge in [-0.3, -0.25) is 4.79 Å². The van der Waals surface area contributed by atoms with Gasteiger partial charge in [0.1, 0.15) is 0 Å². The van der Waals surface area contributed by atoms with E-state index in [4.69, 9.17) is 0 Å². The van der Waals surface area contributed by atoms with E-state index in [0.717, 1.165) is 36.3 Å². The van der Waals surface area contributed by atoms with E-state index in [1.165, 1.54) is 11.4 Å². The maximum atomic E-state index is 11.9. The Labute approximate surface area is 108 Å². The number of nitrogens with zero attached hydrogens (tertiary/aromatic N) is 1. The second kappa shape index (κ2) is 5.30. The van der Waals surface area contributed by atoms with Gasteiger partial charge in [-0.1, -0.05) is 6.92 Å².